The molecule has 0 N–H and O–H groups in total. The van der Waals surface area contributed by atoms with E-state index in [1.807, 2.05) is 0 Å². The second-order valence-electron chi connectivity index (χ2n) is 10.2. The van der Waals surface area contributed by atoms with Crippen LogP contribution in [-0.4, -0.2) is 0 Å². The maximum atomic E-state index is 2.34. The minimum absolute atomic E-state index is 1.09. The summed E-state index contributed by atoms with van der Waals surface area (Å²) >= 11 is 0. The summed E-state index contributed by atoms with van der Waals surface area (Å²) in [7, 11) is 0. The smallest absolute Gasteiger partial charge is 0.169 e. The number of benzene rings is 4. The fraction of sp³-hybridized carbons (Fsp3) is 0.194. The normalized spacial score (nSPS) is 11.3. The number of unbranched alkanes of at least 4 members (excludes halogenated alkanes) is 2. The second kappa shape index (κ2) is 11.9. The molecule has 5 aromatic rings. The predicted molar refractivity (Wildman–Crippen MR) is 163 cm³/mol. The summed E-state index contributed by atoms with van der Waals surface area (Å²) < 4.78 is 2.28. The lowest BCUT2D eigenvalue weighted by atomic mass is 10.0. The van der Waals surface area contributed by atoms with Gasteiger partial charge in [0.1, 0.15) is 6.54 Å². The Hall–Kier alpha value is -4.17. The number of fused-ring (bicyclic) bond motifs is 1. The van der Waals surface area contributed by atoms with Gasteiger partial charge in [0.2, 0.25) is 0 Å². The SMILES string of the molecule is CCCCC[n+]1ccc(/C=C/c2ccc3cc(N(c4cccc(C)c4)c4cccc(C)c4)ccc3c2)cc1. The van der Waals surface area contributed by atoms with Crippen molar-refractivity contribution in [3.63, 3.8) is 0 Å². The molecule has 0 saturated carbocycles. The highest BCUT2D eigenvalue weighted by atomic mass is 15.1. The van der Waals surface area contributed by atoms with Gasteiger partial charge in [-0.1, -0.05) is 68.0 Å². The quantitative estimate of drug-likeness (QED) is 0.145. The fourth-order valence-electron chi connectivity index (χ4n) is 4.94. The van der Waals surface area contributed by atoms with Gasteiger partial charge in [0.15, 0.2) is 12.4 Å². The van der Waals surface area contributed by atoms with E-state index in [2.05, 4.69) is 152 Å². The molecule has 1 heterocycles. The molecule has 0 radical (unpaired) electrons. The number of aryl methyl sites for hydroxylation is 3. The number of nitrogens with zero attached hydrogens (tertiary/aromatic N) is 2. The van der Waals surface area contributed by atoms with Crippen molar-refractivity contribution in [2.45, 2.75) is 46.6 Å². The van der Waals surface area contributed by atoms with E-state index in [9.17, 15) is 0 Å². The van der Waals surface area contributed by atoms with E-state index >= 15 is 0 Å². The van der Waals surface area contributed by atoms with Gasteiger partial charge in [-0.25, -0.2) is 4.57 Å². The molecule has 2 nitrogen and oxygen atoms in total. The highest BCUT2D eigenvalue weighted by Gasteiger charge is 2.13. The Labute approximate surface area is 227 Å². The monoisotopic (exact) mass is 497 g/mol. The molecular formula is C36H37N2+. The fourth-order valence-corrected chi connectivity index (χ4v) is 4.94. The molecule has 38 heavy (non-hydrogen) atoms. The average molecular weight is 498 g/mol. The van der Waals surface area contributed by atoms with E-state index in [1.54, 1.807) is 0 Å². The van der Waals surface area contributed by atoms with Gasteiger partial charge in [-0.2, -0.15) is 0 Å². The van der Waals surface area contributed by atoms with Crippen molar-refractivity contribution in [2.75, 3.05) is 4.90 Å². The number of anilines is 3. The third-order valence-corrected chi connectivity index (χ3v) is 7.03. The maximum absolute atomic E-state index is 2.34. The molecule has 5 rings (SSSR count). The van der Waals surface area contributed by atoms with Crippen LogP contribution in [0.1, 0.15) is 48.4 Å². The number of rotatable bonds is 9. The second-order valence-corrected chi connectivity index (χ2v) is 10.2. The minimum Gasteiger partial charge on any atom is -0.310 e. The third-order valence-electron chi connectivity index (χ3n) is 7.03. The van der Waals surface area contributed by atoms with Crippen molar-refractivity contribution in [3.05, 3.63) is 132 Å². The van der Waals surface area contributed by atoms with Gasteiger partial charge < -0.3 is 4.90 Å². The van der Waals surface area contributed by atoms with E-state index in [-0.39, 0.29) is 0 Å². The Balaban J connectivity index is 1.40. The molecule has 0 fully saturated rings. The Bertz CT molecular complexity index is 1500. The van der Waals surface area contributed by atoms with Gasteiger partial charge in [0.05, 0.1) is 0 Å². The van der Waals surface area contributed by atoms with Crippen molar-refractivity contribution >= 4 is 40.0 Å². The van der Waals surface area contributed by atoms with Crippen molar-refractivity contribution in [1.29, 1.82) is 0 Å². The molecule has 0 aliphatic rings. The zero-order valence-electron chi connectivity index (χ0n) is 22.8. The predicted octanol–water partition coefficient (Wildman–Crippen LogP) is 9.57. The highest BCUT2D eigenvalue weighted by molar-refractivity contribution is 5.91. The third kappa shape index (κ3) is 6.20. The first-order valence-corrected chi connectivity index (χ1v) is 13.7. The van der Waals surface area contributed by atoms with Crippen LogP contribution in [0.2, 0.25) is 0 Å². The zero-order chi connectivity index (χ0) is 26.3. The van der Waals surface area contributed by atoms with Crippen LogP contribution in [0.5, 0.6) is 0 Å². The van der Waals surface area contributed by atoms with E-state index in [0.717, 1.165) is 12.2 Å². The van der Waals surface area contributed by atoms with Crippen molar-refractivity contribution in [2.24, 2.45) is 0 Å². The van der Waals surface area contributed by atoms with Crippen LogP contribution in [0, 0.1) is 13.8 Å². The van der Waals surface area contributed by atoms with Crippen molar-refractivity contribution in [1.82, 2.24) is 0 Å². The number of hydrogen-bond donors (Lipinski definition) is 0. The summed E-state index contributed by atoms with van der Waals surface area (Å²) in [6.07, 6.45) is 12.6. The van der Waals surface area contributed by atoms with E-state index < -0.39 is 0 Å². The number of pyridine rings is 1. The molecular weight excluding hydrogens is 460 g/mol. The minimum atomic E-state index is 1.09. The summed E-state index contributed by atoms with van der Waals surface area (Å²) in [4.78, 5) is 2.34. The number of aromatic nitrogens is 1. The van der Waals surface area contributed by atoms with E-state index in [4.69, 9.17) is 0 Å². The maximum Gasteiger partial charge on any atom is 0.169 e. The Morgan fingerprint density at radius 2 is 1.21 bits per heavy atom. The molecule has 0 atom stereocenters. The molecule has 190 valence electrons. The Morgan fingerprint density at radius 1 is 0.605 bits per heavy atom. The highest BCUT2D eigenvalue weighted by Crippen LogP contribution is 2.36. The van der Waals surface area contributed by atoms with Gasteiger partial charge in [0, 0.05) is 35.6 Å². The first-order valence-electron chi connectivity index (χ1n) is 13.7. The van der Waals surface area contributed by atoms with Crippen LogP contribution in [0.4, 0.5) is 17.1 Å². The van der Waals surface area contributed by atoms with Gasteiger partial charge in [-0.3, -0.25) is 0 Å². The molecule has 0 saturated heterocycles. The molecule has 0 unspecified atom stereocenters. The zero-order valence-corrected chi connectivity index (χ0v) is 22.8. The van der Waals surface area contributed by atoms with Crippen molar-refractivity contribution < 1.29 is 4.57 Å². The van der Waals surface area contributed by atoms with Gasteiger partial charge in [-0.05, 0) is 95.8 Å². The molecule has 1 aromatic heterocycles. The van der Waals surface area contributed by atoms with Crippen LogP contribution in [0.25, 0.3) is 22.9 Å². The molecule has 0 aliphatic heterocycles. The van der Waals surface area contributed by atoms with Crippen LogP contribution in [-0.2, 0) is 6.54 Å². The molecule has 0 aliphatic carbocycles. The van der Waals surface area contributed by atoms with E-state index in [1.165, 1.54) is 63.7 Å². The standard InChI is InChI=1S/C36H37N2/c1-4-5-6-21-37-22-19-30(20-23-37)13-14-31-15-16-33-27-36(18-17-32(33)26-31)38(34-11-7-9-28(2)24-34)35-12-8-10-29(3)25-35/h7-20,22-27H,4-6,21H2,1-3H3/q+1. The topological polar surface area (TPSA) is 7.12 Å². The van der Waals surface area contributed by atoms with Gasteiger partial charge in [-0.15, -0.1) is 0 Å². The van der Waals surface area contributed by atoms with Crippen molar-refractivity contribution in [3.8, 4) is 0 Å². The summed E-state index contributed by atoms with van der Waals surface area (Å²) in [6, 6.07) is 35.3. The van der Waals surface area contributed by atoms with Crippen LogP contribution in [0.3, 0.4) is 0 Å². The first kappa shape index (κ1) is 25.5. The molecule has 4 aromatic carbocycles. The van der Waals surface area contributed by atoms with E-state index in [0.29, 0.717) is 0 Å². The molecule has 0 amide bonds. The lowest BCUT2D eigenvalue weighted by Gasteiger charge is -2.26. The van der Waals surface area contributed by atoms with Crippen LogP contribution < -0.4 is 9.47 Å². The lowest BCUT2D eigenvalue weighted by molar-refractivity contribution is -0.697. The molecule has 0 spiro atoms. The summed E-state index contributed by atoms with van der Waals surface area (Å²) in [5.41, 5.74) is 8.43. The molecule has 0 bridgehead atoms. The summed E-state index contributed by atoms with van der Waals surface area (Å²) in [5.74, 6) is 0. The van der Waals surface area contributed by atoms with Gasteiger partial charge >= 0.3 is 0 Å². The summed E-state index contributed by atoms with van der Waals surface area (Å²) in [6.45, 7) is 7.63. The molecule has 2 heteroatoms. The van der Waals surface area contributed by atoms with Crippen LogP contribution >= 0.6 is 0 Å². The number of hydrogen-bond acceptors (Lipinski definition) is 1. The van der Waals surface area contributed by atoms with Crippen LogP contribution in [0.15, 0.2) is 109 Å². The largest absolute Gasteiger partial charge is 0.310 e. The lowest BCUT2D eigenvalue weighted by Crippen LogP contribution is -2.32. The Morgan fingerprint density at radius 3 is 1.87 bits per heavy atom. The summed E-state index contributed by atoms with van der Waals surface area (Å²) in [5, 5.41) is 2.48. The van der Waals surface area contributed by atoms with Gasteiger partial charge in [0.25, 0.3) is 0 Å². The first-order chi connectivity index (χ1) is 18.6. The average Bonchev–Trinajstić information content (AvgIpc) is 2.93. The Kier molecular flexibility index (Phi) is 7.99.